The van der Waals surface area contributed by atoms with E-state index in [9.17, 15) is 19.7 Å². The van der Waals surface area contributed by atoms with Gasteiger partial charge in [-0.3, -0.25) is 9.59 Å². The van der Waals surface area contributed by atoms with Crippen LogP contribution in [0.5, 0.6) is 0 Å². The van der Waals surface area contributed by atoms with Gasteiger partial charge in [-0.1, -0.05) is 0 Å². The van der Waals surface area contributed by atoms with E-state index in [4.69, 9.17) is 9.47 Å². The highest BCUT2D eigenvalue weighted by atomic mass is 17.0. The zero-order valence-corrected chi connectivity index (χ0v) is 10.6. The number of ether oxygens (including phenoxy) is 3. The molecule has 10 heteroatoms. The molecule has 4 atom stereocenters. The smallest absolute Gasteiger partial charge is 0.303 e. The molecule has 2 rings (SSSR count). The van der Waals surface area contributed by atoms with Crippen LogP contribution in [0, 0.1) is 10.1 Å². The van der Waals surface area contributed by atoms with Crippen LogP contribution in [0.4, 0.5) is 0 Å². The Morgan fingerprint density at radius 3 is 2.70 bits per heavy atom. The average molecular weight is 290 g/mol. The Morgan fingerprint density at radius 1 is 1.35 bits per heavy atom. The van der Waals surface area contributed by atoms with Crippen molar-refractivity contribution in [1.29, 1.82) is 0 Å². The third-order valence-electron chi connectivity index (χ3n) is 2.98. The van der Waals surface area contributed by atoms with Gasteiger partial charge in [0.15, 0.2) is 12.7 Å². The van der Waals surface area contributed by atoms with Crippen LogP contribution in [0.15, 0.2) is 0 Å². The van der Waals surface area contributed by atoms with Gasteiger partial charge < -0.3 is 24.4 Å². The van der Waals surface area contributed by atoms with Crippen molar-refractivity contribution >= 4 is 11.9 Å². The van der Waals surface area contributed by atoms with Crippen molar-refractivity contribution in [3.63, 3.8) is 0 Å². The Balaban J connectivity index is 1.83. The van der Waals surface area contributed by atoms with E-state index >= 15 is 0 Å². The zero-order chi connectivity index (χ0) is 14.7. The summed E-state index contributed by atoms with van der Waals surface area (Å²) in [5, 5.41) is 12.0. The summed E-state index contributed by atoms with van der Waals surface area (Å²) in [6, 6.07) is -0.455. The molecule has 1 N–H and O–H groups in total. The maximum atomic E-state index is 11.5. The highest BCUT2D eigenvalue weighted by molar-refractivity contribution is 5.80. The normalized spacial score (nSPS) is 31.4. The second-order valence-corrected chi connectivity index (χ2v) is 4.42. The van der Waals surface area contributed by atoms with E-state index in [0.29, 0.717) is 0 Å². The molecule has 2 aliphatic rings. The fraction of sp³-hybridized carbons (Fsp3) is 0.800. The van der Waals surface area contributed by atoms with Crippen LogP contribution in [-0.4, -0.2) is 61.1 Å². The van der Waals surface area contributed by atoms with Crippen LogP contribution in [-0.2, 0) is 28.6 Å². The lowest BCUT2D eigenvalue weighted by Gasteiger charge is -2.17. The van der Waals surface area contributed by atoms with Crippen LogP contribution >= 0.6 is 0 Å². The molecule has 0 unspecified atom stereocenters. The first kappa shape index (κ1) is 14.5. The van der Waals surface area contributed by atoms with E-state index in [1.165, 1.54) is 6.92 Å². The molecular formula is C10H14N2O8. The molecule has 0 aromatic heterocycles. The molecule has 0 aromatic rings. The SMILES string of the molecule is CC(=O)OCC(=O)N[C@@H]1CO[C@H]2[C@@H]1OC[C@@H]2O[N+](=O)[O-]. The molecule has 0 aliphatic carbocycles. The van der Waals surface area contributed by atoms with Crippen molar-refractivity contribution in [2.45, 2.75) is 31.3 Å². The third-order valence-corrected chi connectivity index (χ3v) is 2.98. The van der Waals surface area contributed by atoms with Gasteiger partial charge in [-0.25, -0.2) is 0 Å². The molecule has 0 aromatic carbocycles. The Morgan fingerprint density at radius 2 is 2.05 bits per heavy atom. The van der Waals surface area contributed by atoms with Gasteiger partial charge in [0, 0.05) is 6.92 Å². The fourth-order valence-electron chi connectivity index (χ4n) is 2.20. The fourth-order valence-corrected chi connectivity index (χ4v) is 2.20. The predicted octanol–water partition coefficient (Wildman–Crippen LogP) is -1.59. The van der Waals surface area contributed by atoms with Crippen LogP contribution < -0.4 is 5.32 Å². The molecule has 1 amide bonds. The van der Waals surface area contributed by atoms with Crippen LogP contribution in [0.1, 0.15) is 6.92 Å². The molecule has 2 heterocycles. The Bertz CT molecular complexity index is 414. The van der Waals surface area contributed by atoms with Crippen LogP contribution in [0.2, 0.25) is 0 Å². The summed E-state index contributed by atoms with van der Waals surface area (Å²) in [4.78, 5) is 36.8. The Hall–Kier alpha value is -1.94. The summed E-state index contributed by atoms with van der Waals surface area (Å²) in [5.41, 5.74) is 0. The van der Waals surface area contributed by atoms with Gasteiger partial charge in [0.25, 0.3) is 11.0 Å². The Kier molecular flexibility index (Phi) is 4.35. The van der Waals surface area contributed by atoms with Crippen LogP contribution in [0.25, 0.3) is 0 Å². The largest absolute Gasteiger partial charge is 0.456 e. The average Bonchev–Trinajstić information content (AvgIpc) is 2.91. The quantitative estimate of drug-likeness (QED) is 0.365. The number of amides is 1. The van der Waals surface area contributed by atoms with Crippen molar-refractivity contribution in [2.24, 2.45) is 0 Å². The van der Waals surface area contributed by atoms with Gasteiger partial charge in [0.2, 0.25) is 0 Å². The first-order valence-electron chi connectivity index (χ1n) is 5.94. The number of esters is 1. The molecule has 20 heavy (non-hydrogen) atoms. The molecule has 0 radical (unpaired) electrons. The first-order chi connectivity index (χ1) is 9.47. The molecule has 0 saturated carbocycles. The topological polar surface area (TPSA) is 126 Å². The minimum absolute atomic E-state index is 0.0205. The molecule has 10 nitrogen and oxygen atoms in total. The van der Waals surface area contributed by atoms with Gasteiger partial charge in [-0.2, -0.15) is 0 Å². The number of hydrogen-bond donors (Lipinski definition) is 1. The van der Waals surface area contributed by atoms with Gasteiger partial charge in [-0.05, 0) is 0 Å². The summed E-state index contributed by atoms with van der Waals surface area (Å²) in [7, 11) is 0. The zero-order valence-electron chi connectivity index (χ0n) is 10.6. The molecule has 0 bridgehead atoms. The summed E-state index contributed by atoms with van der Waals surface area (Å²) >= 11 is 0. The maximum Gasteiger partial charge on any atom is 0.303 e. The van der Waals surface area contributed by atoms with Crippen molar-refractivity contribution in [1.82, 2.24) is 5.32 Å². The lowest BCUT2D eigenvalue weighted by atomic mass is 10.1. The molecular weight excluding hydrogens is 276 g/mol. The van der Waals surface area contributed by atoms with E-state index < -0.39 is 47.9 Å². The van der Waals surface area contributed by atoms with E-state index in [-0.39, 0.29) is 13.2 Å². The highest BCUT2D eigenvalue weighted by Crippen LogP contribution is 2.28. The van der Waals surface area contributed by atoms with Crippen molar-refractivity contribution in [3.8, 4) is 0 Å². The monoisotopic (exact) mass is 290 g/mol. The molecule has 112 valence electrons. The van der Waals surface area contributed by atoms with Crippen molar-refractivity contribution in [2.75, 3.05) is 19.8 Å². The molecule has 2 fully saturated rings. The number of carbonyl (C=O) groups excluding carboxylic acids is 2. The maximum absolute atomic E-state index is 11.5. The van der Waals surface area contributed by atoms with Gasteiger partial charge >= 0.3 is 5.97 Å². The number of carbonyl (C=O) groups is 2. The highest BCUT2D eigenvalue weighted by Gasteiger charge is 2.49. The molecule has 2 saturated heterocycles. The molecule has 2 aliphatic heterocycles. The summed E-state index contributed by atoms with van der Waals surface area (Å²) in [5.74, 6) is -1.05. The van der Waals surface area contributed by atoms with E-state index in [0.717, 1.165) is 0 Å². The lowest BCUT2D eigenvalue weighted by Crippen LogP contribution is -2.45. The predicted molar refractivity (Wildman–Crippen MR) is 59.9 cm³/mol. The number of rotatable bonds is 5. The lowest BCUT2D eigenvalue weighted by molar-refractivity contribution is -0.769. The number of fused-ring (bicyclic) bond motifs is 1. The number of nitrogens with zero attached hydrogens (tertiary/aromatic N) is 1. The van der Waals surface area contributed by atoms with E-state index in [2.05, 4.69) is 14.9 Å². The summed E-state index contributed by atoms with van der Waals surface area (Å²) in [6.07, 6.45) is -1.91. The van der Waals surface area contributed by atoms with Gasteiger partial charge in [0.1, 0.15) is 12.2 Å². The molecule has 0 spiro atoms. The first-order valence-corrected chi connectivity index (χ1v) is 5.94. The van der Waals surface area contributed by atoms with Gasteiger partial charge in [0.05, 0.1) is 19.3 Å². The van der Waals surface area contributed by atoms with Crippen molar-refractivity contribution < 1.29 is 33.7 Å². The summed E-state index contributed by atoms with van der Waals surface area (Å²) in [6.45, 7) is 0.977. The van der Waals surface area contributed by atoms with Gasteiger partial charge in [-0.15, -0.1) is 10.1 Å². The standard InChI is InChI=1S/C10H14N2O8/c1-5(13)17-4-8(14)11-6-2-18-10-7(20-12(15)16)3-19-9(6)10/h6-7,9-10H,2-4H2,1H3,(H,11,14)/t6-,7+,9-,10-/m1/s1. The van der Waals surface area contributed by atoms with Crippen LogP contribution in [0.3, 0.4) is 0 Å². The minimum Gasteiger partial charge on any atom is -0.456 e. The second-order valence-electron chi connectivity index (χ2n) is 4.42. The van der Waals surface area contributed by atoms with E-state index in [1.807, 2.05) is 0 Å². The van der Waals surface area contributed by atoms with E-state index in [1.54, 1.807) is 0 Å². The Labute approximate surface area is 113 Å². The number of hydrogen-bond acceptors (Lipinski definition) is 8. The van der Waals surface area contributed by atoms with Crippen molar-refractivity contribution in [3.05, 3.63) is 10.1 Å². The minimum atomic E-state index is -0.896. The summed E-state index contributed by atoms with van der Waals surface area (Å²) < 4.78 is 15.3. The number of nitrogens with one attached hydrogen (secondary N) is 1. The second kappa shape index (κ2) is 6.01. The third kappa shape index (κ3) is 3.33.